The first kappa shape index (κ1) is 26.7. The molecule has 2 aliphatic rings. The molecule has 1 unspecified atom stereocenters. The molecule has 38 heavy (non-hydrogen) atoms. The lowest BCUT2D eigenvalue weighted by Crippen LogP contribution is -2.44. The lowest BCUT2D eigenvalue weighted by Gasteiger charge is -2.36. The minimum atomic E-state index is -4.04. The summed E-state index contributed by atoms with van der Waals surface area (Å²) < 4.78 is 34.0. The number of fused-ring (bicyclic) bond motifs is 1. The van der Waals surface area contributed by atoms with E-state index in [2.05, 4.69) is 4.98 Å². The van der Waals surface area contributed by atoms with Gasteiger partial charge in [0.1, 0.15) is 6.61 Å². The van der Waals surface area contributed by atoms with Crippen LogP contribution in [0.25, 0.3) is 0 Å². The molecular formula is C26H22Cl3N3O5S. The van der Waals surface area contributed by atoms with Crippen molar-refractivity contribution in [1.82, 2.24) is 9.88 Å². The van der Waals surface area contributed by atoms with Gasteiger partial charge in [-0.1, -0.05) is 46.9 Å². The Balaban J connectivity index is 1.51. The van der Waals surface area contributed by atoms with E-state index >= 15 is 0 Å². The van der Waals surface area contributed by atoms with Gasteiger partial charge in [-0.2, -0.15) is 0 Å². The van der Waals surface area contributed by atoms with E-state index in [1.807, 2.05) is 0 Å². The van der Waals surface area contributed by atoms with E-state index in [4.69, 9.17) is 39.5 Å². The van der Waals surface area contributed by atoms with Crippen molar-refractivity contribution in [2.75, 3.05) is 30.5 Å². The molecule has 0 saturated carbocycles. The Hall–Kier alpha value is -2.85. The number of ketones is 1. The number of hydrogen-bond donors (Lipinski definition) is 0. The molecule has 1 atom stereocenters. The van der Waals surface area contributed by atoms with Gasteiger partial charge in [-0.25, -0.2) is 13.2 Å². The zero-order chi connectivity index (χ0) is 27.0. The van der Waals surface area contributed by atoms with Gasteiger partial charge in [0.2, 0.25) is 0 Å². The average Bonchev–Trinajstić information content (AvgIpc) is 3.27. The number of rotatable bonds is 7. The Bertz CT molecular complexity index is 1510. The van der Waals surface area contributed by atoms with Crippen LogP contribution in [0.4, 0.5) is 10.5 Å². The number of halogens is 3. The van der Waals surface area contributed by atoms with Gasteiger partial charge in [0, 0.05) is 36.6 Å². The van der Waals surface area contributed by atoms with E-state index in [-0.39, 0.29) is 50.2 Å². The maximum atomic E-state index is 13.8. The van der Waals surface area contributed by atoms with Crippen molar-refractivity contribution in [2.24, 2.45) is 5.92 Å². The summed E-state index contributed by atoms with van der Waals surface area (Å²) in [6.07, 6.45) is 1.52. The molecule has 5 rings (SSSR count). The second-order valence-corrected chi connectivity index (χ2v) is 12.2. The van der Waals surface area contributed by atoms with Crippen LogP contribution >= 0.6 is 34.8 Å². The largest absolute Gasteiger partial charge is 0.448 e. The number of ether oxygens (including phenoxy) is 1. The van der Waals surface area contributed by atoms with E-state index in [0.29, 0.717) is 43.1 Å². The highest BCUT2D eigenvalue weighted by atomic mass is 35.5. The van der Waals surface area contributed by atoms with Crippen LogP contribution in [-0.2, 0) is 27.6 Å². The highest BCUT2D eigenvalue weighted by Crippen LogP contribution is 2.35. The van der Waals surface area contributed by atoms with Crippen molar-refractivity contribution < 1.29 is 22.7 Å². The first-order valence-corrected chi connectivity index (χ1v) is 14.4. The monoisotopic (exact) mass is 593 g/mol. The van der Waals surface area contributed by atoms with Crippen molar-refractivity contribution in [2.45, 2.75) is 17.7 Å². The lowest BCUT2D eigenvalue weighted by molar-refractivity contribution is 0.0993. The number of cyclic esters (lactones) is 1. The number of carbonyl (C=O) groups excluding carboxylic acids is 2. The third kappa shape index (κ3) is 5.33. The van der Waals surface area contributed by atoms with Crippen molar-refractivity contribution in [3.05, 3.63) is 86.6 Å². The number of nitrogens with zero attached hydrogens (tertiary/aromatic N) is 3. The SMILES string of the molecule is O=C(Cc1cnc2c(c1)N(S(=O)(=O)c1cccc(Cl)c1)CC(CN1CCOC1=O)C2)c1c(Cl)cccc1Cl. The minimum Gasteiger partial charge on any atom is -0.448 e. The Morgan fingerprint density at radius 2 is 1.82 bits per heavy atom. The third-order valence-corrected chi connectivity index (χ3v) is 9.13. The van der Waals surface area contributed by atoms with Gasteiger partial charge >= 0.3 is 6.09 Å². The molecule has 0 bridgehead atoms. The molecule has 1 saturated heterocycles. The van der Waals surface area contributed by atoms with E-state index in [9.17, 15) is 18.0 Å². The molecule has 3 aromatic rings. The fourth-order valence-corrected chi connectivity index (χ4v) is 7.18. The van der Waals surface area contributed by atoms with E-state index in [0.717, 1.165) is 0 Å². The molecule has 0 N–H and O–H groups in total. The maximum absolute atomic E-state index is 13.8. The predicted molar refractivity (Wildman–Crippen MR) is 145 cm³/mol. The summed E-state index contributed by atoms with van der Waals surface area (Å²) in [4.78, 5) is 31.2. The molecule has 2 aromatic carbocycles. The van der Waals surface area contributed by atoms with Gasteiger partial charge in [0.05, 0.1) is 38.4 Å². The number of pyridine rings is 1. The molecule has 0 spiro atoms. The van der Waals surface area contributed by atoms with Crippen LogP contribution in [-0.4, -0.2) is 56.4 Å². The molecule has 0 radical (unpaired) electrons. The van der Waals surface area contributed by atoms with Crippen LogP contribution in [0.15, 0.2) is 59.6 Å². The number of hydrogen-bond acceptors (Lipinski definition) is 6. The fourth-order valence-electron chi connectivity index (χ4n) is 4.71. The van der Waals surface area contributed by atoms with Crippen LogP contribution in [0.3, 0.4) is 0 Å². The number of anilines is 1. The summed E-state index contributed by atoms with van der Waals surface area (Å²) >= 11 is 18.5. The summed E-state index contributed by atoms with van der Waals surface area (Å²) in [5, 5.41) is 0.762. The van der Waals surface area contributed by atoms with Crippen LogP contribution in [0.1, 0.15) is 21.6 Å². The Kier molecular flexibility index (Phi) is 7.55. The quantitative estimate of drug-likeness (QED) is 0.345. The molecule has 1 fully saturated rings. The third-order valence-electron chi connectivity index (χ3n) is 6.49. The topological polar surface area (TPSA) is 96.9 Å². The Morgan fingerprint density at radius 3 is 2.50 bits per heavy atom. The predicted octanol–water partition coefficient (Wildman–Crippen LogP) is 5.29. The first-order chi connectivity index (χ1) is 18.1. The van der Waals surface area contributed by atoms with Crippen molar-refractivity contribution in [3.63, 3.8) is 0 Å². The molecular weight excluding hydrogens is 573 g/mol. The Morgan fingerprint density at radius 1 is 1.08 bits per heavy atom. The normalized spacial score (nSPS) is 17.3. The standard InChI is InChI=1S/C26H22Cl3N3O5S/c27-18-3-1-4-19(12-18)38(35,36)32-15-17(14-31-7-8-37-26(31)34)9-22-23(32)10-16(13-30-22)11-24(33)25-20(28)5-2-6-21(25)29/h1-6,10,12-13,17H,7-9,11,14-15H2. The summed E-state index contributed by atoms with van der Waals surface area (Å²) in [5.41, 5.74) is 1.64. The zero-order valence-electron chi connectivity index (χ0n) is 19.9. The fraction of sp³-hybridized carbons (Fsp3) is 0.269. The van der Waals surface area contributed by atoms with Crippen LogP contribution in [0.5, 0.6) is 0 Å². The van der Waals surface area contributed by atoms with Crippen molar-refractivity contribution in [3.8, 4) is 0 Å². The molecule has 8 nitrogen and oxygen atoms in total. The van der Waals surface area contributed by atoms with E-state index in [1.54, 1.807) is 47.5 Å². The number of Topliss-reactive ketones (excluding diaryl/α,β-unsaturated/α-hetero) is 1. The molecule has 1 amide bonds. The number of sulfonamides is 1. The van der Waals surface area contributed by atoms with Crippen LogP contribution < -0.4 is 4.31 Å². The second kappa shape index (κ2) is 10.7. The smallest absolute Gasteiger partial charge is 0.409 e. The van der Waals surface area contributed by atoms with Crippen molar-refractivity contribution >= 4 is 62.4 Å². The van der Waals surface area contributed by atoms with Crippen molar-refractivity contribution in [1.29, 1.82) is 0 Å². The molecule has 0 aliphatic carbocycles. The highest BCUT2D eigenvalue weighted by Gasteiger charge is 2.37. The number of carbonyl (C=O) groups is 2. The lowest BCUT2D eigenvalue weighted by atomic mass is 9.95. The minimum absolute atomic E-state index is 0.0292. The summed E-state index contributed by atoms with van der Waals surface area (Å²) in [6.45, 7) is 1.19. The zero-order valence-corrected chi connectivity index (χ0v) is 23.0. The Labute approximate surface area is 235 Å². The van der Waals surface area contributed by atoms with Gasteiger partial charge in [-0.3, -0.25) is 14.1 Å². The van der Waals surface area contributed by atoms with Gasteiger partial charge in [0.25, 0.3) is 10.0 Å². The van der Waals surface area contributed by atoms with E-state index < -0.39 is 16.1 Å². The molecule has 1 aromatic heterocycles. The van der Waals surface area contributed by atoms with Crippen LogP contribution in [0.2, 0.25) is 15.1 Å². The van der Waals surface area contributed by atoms with Gasteiger partial charge in [-0.05, 0) is 48.4 Å². The van der Waals surface area contributed by atoms with Gasteiger partial charge < -0.3 is 9.64 Å². The molecule has 12 heteroatoms. The molecule has 198 valence electrons. The molecule has 3 heterocycles. The maximum Gasteiger partial charge on any atom is 0.409 e. The van der Waals surface area contributed by atoms with Crippen LogP contribution in [0, 0.1) is 5.92 Å². The summed E-state index contributed by atoms with van der Waals surface area (Å²) in [7, 11) is -4.04. The number of benzene rings is 2. The molecule has 2 aliphatic heterocycles. The highest BCUT2D eigenvalue weighted by molar-refractivity contribution is 7.92. The second-order valence-electron chi connectivity index (χ2n) is 9.13. The van der Waals surface area contributed by atoms with E-state index in [1.165, 1.54) is 16.4 Å². The van der Waals surface area contributed by atoms with Gasteiger partial charge in [-0.15, -0.1) is 0 Å². The first-order valence-electron chi connectivity index (χ1n) is 11.8. The summed E-state index contributed by atoms with van der Waals surface area (Å²) in [6, 6.07) is 12.5. The van der Waals surface area contributed by atoms with Gasteiger partial charge in [0.15, 0.2) is 5.78 Å². The number of amides is 1. The summed E-state index contributed by atoms with van der Waals surface area (Å²) in [5.74, 6) is -0.531. The number of aromatic nitrogens is 1. The average molecular weight is 595 g/mol.